The Kier molecular flexibility index (Phi) is 14.3. The van der Waals surface area contributed by atoms with Gasteiger partial charge in [-0.1, -0.05) is 36.1 Å². The molecule has 2 aliphatic carbocycles. The lowest BCUT2D eigenvalue weighted by molar-refractivity contribution is -0.136. The van der Waals surface area contributed by atoms with E-state index >= 15 is 0 Å². The van der Waals surface area contributed by atoms with Crippen LogP contribution in [-0.4, -0.2) is 94.5 Å². The molecule has 3 aliphatic heterocycles. The third kappa shape index (κ3) is 10.8. The largest absolute Gasteiger partial charge is 0.379 e. The zero-order valence-corrected chi connectivity index (χ0v) is 36.4. The number of anilines is 3. The molecular formula is C49H56N10O5. The van der Waals surface area contributed by atoms with Gasteiger partial charge in [-0.2, -0.15) is 10.2 Å². The van der Waals surface area contributed by atoms with Gasteiger partial charge in [-0.15, -0.1) is 0 Å². The van der Waals surface area contributed by atoms with Crippen LogP contribution in [0.4, 0.5) is 22.2 Å². The number of piperidine rings is 2. The molecule has 1 unspecified atom stereocenters. The van der Waals surface area contributed by atoms with Crippen molar-refractivity contribution in [2.75, 3.05) is 43.5 Å². The van der Waals surface area contributed by atoms with E-state index in [0.29, 0.717) is 61.9 Å². The number of hydrogen-bond acceptors (Lipinski definition) is 11. The van der Waals surface area contributed by atoms with Gasteiger partial charge in [-0.05, 0) is 112 Å². The molecule has 64 heavy (non-hydrogen) atoms. The molecule has 5 aliphatic rings. The molecule has 8 rings (SSSR count). The van der Waals surface area contributed by atoms with E-state index in [1.54, 1.807) is 17.2 Å². The highest BCUT2D eigenvalue weighted by Crippen LogP contribution is 2.32. The number of imide groups is 1. The highest BCUT2D eigenvalue weighted by atomic mass is 16.5. The van der Waals surface area contributed by atoms with Gasteiger partial charge in [0.15, 0.2) is 0 Å². The zero-order chi connectivity index (χ0) is 44.4. The first-order chi connectivity index (χ1) is 31.2. The topological polar surface area (TPSA) is 194 Å². The molecule has 0 spiro atoms. The predicted octanol–water partition coefficient (Wildman–Crippen LogP) is 6.08. The van der Waals surface area contributed by atoms with Crippen LogP contribution in [0.1, 0.15) is 109 Å². The van der Waals surface area contributed by atoms with Gasteiger partial charge in [-0.25, -0.2) is 9.78 Å². The molecule has 1 aromatic heterocycles. The minimum absolute atomic E-state index is 0.0387. The Morgan fingerprint density at radius 1 is 0.953 bits per heavy atom. The van der Waals surface area contributed by atoms with E-state index in [1.165, 1.54) is 5.56 Å². The van der Waals surface area contributed by atoms with Crippen molar-refractivity contribution in [2.45, 2.75) is 108 Å². The average molecular weight is 865 g/mol. The lowest BCUT2D eigenvalue weighted by atomic mass is 9.89. The number of fused-ring (bicyclic) bond motifs is 1. The molecule has 1 atom stereocenters. The Bertz CT molecular complexity index is 2400. The second-order valence-electron chi connectivity index (χ2n) is 17.2. The number of amides is 5. The third-order valence-electron chi connectivity index (χ3n) is 12.9. The Morgan fingerprint density at radius 3 is 2.53 bits per heavy atom. The van der Waals surface area contributed by atoms with Crippen molar-refractivity contribution >= 4 is 41.2 Å². The van der Waals surface area contributed by atoms with Crippen LogP contribution in [0.5, 0.6) is 0 Å². The summed E-state index contributed by atoms with van der Waals surface area (Å²) in [5.74, 6) is 6.96. The number of nitrogens with one attached hydrogen (secondary N) is 5. The van der Waals surface area contributed by atoms with Gasteiger partial charge in [0.2, 0.25) is 17.8 Å². The van der Waals surface area contributed by atoms with Crippen molar-refractivity contribution in [3.8, 4) is 17.9 Å². The summed E-state index contributed by atoms with van der Waals surface area (Å²) in [5.41, 5.74) is 6.69. The van der Waals surface area contributed by atoms with Crippen molar-refractivity contribution < 1.29 is 23.9 Å². The third-order valence-corrected chi connectivity index (χ3v) is 12.9. The van der Waals surface area contributed by atoms with Crippen LogP contribution in [0.3, 0.4) is 0 Å². The Labute approximate surface area is 374 Å². The number of ether oxygens (including phenoxy) is 1. The second kappa shape index (κ2) is 20.8. The van der Waals surface area contributed by atoms with Gasteiger partial charge >= 0.3 is 6.03 Å². The fourth-order valence-corrected chi connectivity index (χ4v) is 9.17. The molecular weight excluding hydrogens is 809 g/mol. The normalized spacial score (nSPS) is 21.1. The molecule has 3 aromatic rings. The van der Waals surface area contributed by atoms with Crippen LogP contribution in [0.15, 0.2) is 72.1 Å². The minimum Gasteiger partial charge on any atom is -0.379 e. The maximum atomic E-state index is 13.2. The molecule has 3 fully saturated rings. The van der Waals surface area contributed by atoms with E-state index < -0.39 is 11.9 Å². The number of aromatic nitrogens is 2. The average Bonchev–Trinajstić information content (AvgIpc) is 3.65. The summed E-state index contributed by atoms with van der Waals surface area (Å²) in [6.07, 6.45) is 14.2. The number of hydrogen-bond donors (Lipinski definition) is 5. The molecule has 2 saturated heterocycles. The van der Waals surface area contributed by atoms with E-state index in [4.69, 9.17) is 4.74 Å². The van der Waals surface area contributed by atoms with Crippen LogP contribution in [-0.2, 0) is 20.9 Å². The summed E-state index contributed by atoms with van der Waals surface area (Å²) in [7, 11) is 0. The number of nitrogens with zero attached hydrogens (tertiary/aromatic N) is 5. The summed E-state index contributed by atoms with van der Waals surface area (Å²) >= 11 is 0. The number of carbonyl (C=O) groups is 4. The number of benzene rings is 2. The summed E-state index contributed by atoms with van der Waals surface area (Å²) in [4.78, 5) is 63.0. The van der Waals surface area contributed by atoms with Crippen molar-refractivity contribution in [2.24, 2.45) is 0 Å². The van der Waals surface area contributed by atoms with E-state index in [9.17, 15) is 24.4 Å². The van der Waals surface area contributed by atoms with Gasteiger partial charge in [0.25, 0.3) is 5.91 Å². The number of aryl methyl sites for hydroxylation is 1. The molecule has 0 bridgehead atoms. The smallest absolute Gasteiger partial charge is 0.317 e. The number of carbonyl (C=O) groups excluding carboxylic acids is 4. The molecule has 15 nitrogen and oxygen atoms in total. The number of urea groups is 1. The van der Waals surface area contributed by atoms with Crippen LogP contribution >= 0.6 is 0 Å². The maximum Gasteiger partial charge on any atom is 0.317 e. The van der Waals surface area contributed by atoms with Crippen molar-refractivity contribution in [1.82, 2.24) is 35.7 Å². The number of allylic oxidation sites excluding steroid dienone is 3. The van der Waals surface area contributed by atoms with Crippen molar-refractivity contribution in [1.29, 1.82) is 5.26 Å². The van der Waals surface area contributed by atoms with Crippen LogP contribution in [0.25, 0.3) is 0 Å². The van der Waals surface area contributed by atoms with Gasteiger partial charge < -0.3 is 35.8 Å². The van der Waals surface area contributed by atoms with E-state index in [-0.39, 0.29) is 30.3 Å². The second-order valence-corrected chi connectivity index (χ2v) is 17.2. The summed E-state index contributed by atoms with van der Waals surface area (Å²) in [5, 5.41) is 25.4. The van der Waals surface area contributed by atoms with Crippen LogP contribution in [0, 0.1) is 30.1 Å². The highest BCUT2D eigenvalue weighted by Gasteiger charge is 2.39. The molecule has 4 heterocycles. The van der Waals surface area contributed by atoms with Gasteiger partial charge in [0, 0.05) is 79.7 Å². The number of nitriles is 1. The Hall–Kier alpha value is -6.55. The lowest BCUT2D eigenvalue weighted by Gasteiger charge is -2.35. The fourth-order valence-electron chi connectivity index (χ4n) is 9.17. The summed E-state index contributed by atoms with van der Waals surface area (Å²) in [6.45, 7) is 5.52. The number of likely N-dealkylation sites (tertiary alicyclic amines) is 1. The van der Waals surface area contributed by atoms with Gasteiger partial charge in [0.05, 0.1) is 30.6 Å². The Balaban J connectivity index is 0.691. The quantitative estimate of drug-likeness (QED) is 0.0760. The van der Waals surface area contributed by atoms with E-state index in [0.717, 1.165) is 105 Å². The molecule has 332 valence electrons. The Morgan fingerprint density at radius 2 is 1.75 bits per heavy atom. The molecule has 0 radical (unpaired) electrons. The van der Waals surface area contributed by atoms with Crippen LogP contribution in [0.2, 0.25) is 0 Å². The van der Waals surface area contributed by atoms with Gasteiger partial charge in [-0.3, -0.25) is 19.7 Å². The standard InChI is InChI=1S/C49H56N10O5/c1-32-30-52-48(57-45(32)55-42-11-3-2-8-36(42)29-50)53-38-14-12-33(13-15-38)34-22-25-58(26-23-34)49(63)54-39-18-16-37(17-19-39)51-24-28-64-27-5-4-7-35-9-6-10-40-41(35)31-59(47(40)62)43-20-21-44(60)56-46(43)61/h3,6,9-15,30,34,37,39,43,51H,2,5,8,16-28,31H2,1H3,(H,54,63)(H,56,60,61)(H2,52,53,55,57). The summed E-state index contributed by atoms with van der Waals surface area (Å²) < 4.78 is 5.84. The van der Waals surface area contributed by atoms with Crippen molar-refractivity contribution in [3.63, 3.8) is 0 Å². The molecule has 2 aromatic carbocycles. The predicted molar refractivity (Wildman–Crippen MR) is 242 cm³/mol. The summed E-state index contributed by atoms with van der Waals surface area (Å²) in [6, 6.07) is 16.1. The van der Waals surface area contributed by atoms with E-state index in [1.807, 2.05) is 42.2 Å². The molecule has 5 N–H and O–H groups in total. The van der Waals surface area contributed by atoms with Crippen LogP contribution < -0.4 is 26.6 Å². The molecule has 15 heteroatoms. The molecule has 1 saturated carbocycles. The first-order valence-electron chi connectivity index (χ1n) is 22.6. The van der Waals surface area contributed by atoms with E-state index in [2.05, 4.69) is 72.7 Å². The number of rotatable bonds is 13. The van der Waals surface area contributed by atoms with Gasteiger partial charge in [0.1, 0.15) is 11.9 Å². The monoisotopic (exact) mass is 864 g/mol. The SMILES string of the molecule is Cc1cnc(Nc2ccc(C3CCN(C(=O)NC4CCC(NCCOCCC#Cc5cccc6c5CN(C5CCC(=O)NC5=O)C6=O)CC4)CC3)cc2)nc1NC1=C(C#N)CCC=C1. The van der Waals surface area contributed by atoms with Crippen molar-refractivity contribution in [3.05, 3.63) is 99.9 Å². The fraction of sp³-hybridized carbons (Fsp3) is 0.449. The zero-order valence-electron chi connectivity index (χ0n) is 36.4. The first-order valence-corrected chi connectivity index (χ1v) is 22.6. The first kappa shape index (κ1) is 44.1. The highest BCUT2D eigenvalue weighted by molar-refractivity contribution is 6.05. The maximum absolute atomic E-state index is 13.2. The lowest BCUT2D eigenvalue weighted by Crippen LogP contribution is -2.52. The minimum atomic E-state index is -0.649. The molecule has 5 amide bonds.